The van der Waals surface area contributed by atoms with Crippen molar-refractivity contribution in [2.45, 2.75) is 24.5 Å². The molecule has 0 aliphatic rings. The van der Waals surface area contributed by atoms with Crippen LogP contribution in [-0.2, 0) is 16.0 Å². The third kappa shape index (κ3) is 4.09. The maximum atomic E-state index is 11.0. The molecule has 0 saturated heterocycles. The van der Waals surface area contributed by atoms with Crippen molar-refractivity contribution in [3.63, 3.8) is 0 Å². The molecule has 0 N–H and O–H groups in total. The Hall–Kier alpha value is -1.82. The fourth-order valence-electron chi connectivity index (χ4n) is 1.72. The van der Waals surface area contributed by atoms with Crippen LogP contribution >= 0.6 is 11.8 Å². The minimum Gasteiger partial charge on any atom is -0.468 e. The van der Waals surface area contributed by atoms with E-state index in [-0.39, 0.29) is 11.7 Å². The van der Waals surface area contributed by atoms with E-state index in [0.29, 0.717) is 23.5 Å². The summed E-state index contributed by atoms with van der Waals surface area (Å²) in [6.45, 7) is 2.11. The van der Waals surface area contributed by atoms with Crippen molar-refractivity contribution < 1.29 is 13.9 Å². The summed E-state index contributed by atoms with van der Waals surface area (Å²) in [6.07, 6.45) is 0.676. The summed E-state index contributed by atoms with van der Waals surface area (Å²) in [6, 6.07) is 10.2. The number of aromatic nitrogens is 2. The first-order valence-electron chi connectivity index (χ1n) is 6.26. The number of nitrogens with zero attached hydrogens (tertiary/aromatic N) is 2. The van der Waals surface area contributed by atoms with Gasteiger partial charge in [0.15, 0.2) is 0 Å². The number of hydrogen-bond donors (Lipinski definition) is 0. The quantitative estimate of drug-likeness (QED) is 0.602. The van der Waals surface area contributed by atoms with Gasteiger partial charge < -0.3 is 9.15 Å². The van der Waals surface area contributed by atoms with Gasteiger partial charge in [-0.3, -0.25) is 4.79 Å². The number of methoxy groups -OCH3 is 1. The maximum Gasteiger partial charge on any atom is 0.316 e. The van der Waals surface area contributed by atoms with Gasteiger partial charge in [0.2, 0.25) is 5.89 Å². The predicted molar refractivity (Wildman–Crippen MR) is 75.6 cm³/mol. The smallest absolute Gasteiger partial charge is 0.316 e. The van der Waals surface area contributed by atoms with Gasteiger partial charge in [0.25, 0.3) is 5.22 Å². The molecule has 1 unspecified atom stereocenters. The third-order valence-corrected chi connectivity index (χ3v) is 3.63. The molecule has 0 amide bonds. The number of carbonyl (C=O) groups excluding carboxylic acids is 1. The Morgan fingerprint density at radius 1 is 1.35 bits per heavy atom. The van der Waals surface area contributed by atoms with E-state index in [0.717, 1.165) is 0 Å². The van der Waals surface area contributed by atoms with Crippen molar-refractivity contribution in [1.29, 1.82) is 0 Å². The van der Waals surface area contributed by atoms with Crippen LogP contribution in [0.4, 0.5) is 0 Å². The van der Waals surface area contributed by atoms with Crippen LogP contribution in [0.2, 0.25) is 0 Å². The zero-order valence-corrected chi connectivity index (χ0v) is 12.2. The zero-order valence-electron chi connectivity index (χ0n) is 11.4. The first-order valence-corrected chi connectivity index (χ1v) is 7.24. The van der Waals surface area contributed by atoms with Gasteiger partial charge in [-0.25, -0.2) is 0 Å². The predicted octanol–water partition coefficient (Wildman–Crippen LogP) is 2.68. The molecule has 6 heteroatoms. The van der Waals surface area contributed by atoms with Crippen molar-refractivity contribution in [3.05, 3.63) is 41.8 Å². The lowest BCUT2D eigenvalue weighted by Crippen LogP contribution is -2.02. The monoisotopic (exact) mass is 292 g/mol. The Morgan fingerprint density at radius 3 is 2.80 bits per heavy atom. The Balaban J connectivity index is 1.91. The van der Waals surface area contributed by atoms with E-state index in [9.17, 15) is 4.79 Å². The van der Waals surface area contributed by atoms with Gasteiger partial charge in [0.1, 0.15) is 5.75 Å². The van der Waals surface area contributed by atoms with Gasteiger partial charge in [0, 0.05) is 6.42 Å². The summed E-state index contributed by atoms with van der Waals surface area (Å²) in [5.74, 6) is 0.739. The minimum absolute atomic E-state index is 0.173. The first kappa shape index (κ1) is 14.6. The molecule has 1 aromatic heterocycles. The van der Waals surface area contributed by atoms with Gasteiger partial charge in [-0.2, -0.15) is 0 Å². The highest BCUT2D eigenvalue weighted by molar-refractivity contribution is 7.99. The SMILES string of the molecule is COC(=O)CSc1nnc(CC(C)c2ccccc2)o1. The second-order valence-corrected chi connectivity index (χ2v) is 5.27. The number of ether oxygens (including phenoxy) is 1. The molecule has 0 bridgehead atoms. The van der Waals surface area contributed by atoms with Crippen LogP contribution in [0, 0.1) is 0 Å². The second-order valence-electron chi connectivity index (χ2n) is 4.34. The standard InChI is InChI=1S/C14H16N2O3S/c1-10(11-6-4-3-5-7-11)8-12-15-16-14(19-12)20-9-13(17)18-2/h3-7,10H,8-9H2,1-2H3. The molecule has 5 nitrogen and oxygen atoms in total. The Labute approximate surface area is 121 Å². The fourth-order valence-corrected chi connectivity index (χ4v) is 2.33. The molecular formula is C14H16N2O3S. The molecule has 1 atom stereocenters. The van der Waals surface area contributed by atoms with E-state index < -0.39 is 0 Å². The van der Waals surface area contributed by atoms with Crippen molar-refractivity contribution in [2.75, 3.05) is 12.9 Å². The molecule has 20 heavy (non-hydrogen) atoms. The summed E-state index contributed by atoms with van der Waals surface area (Å²) >= 11 is 1.18. The van der Waals surface area contributed by atoms with E-state index in [4.69, 9.17) is 4.42 Å². The summed E-state index contributed by atoms with van der Waals surface area (Å²) in [5.41, 5.74) is 1.23. The minimum atomic E-state index is -0.313. The topological polar surface area (TPSA) is 65.2 Å². The largest absolute Gasteiger partial charge is 0.468 e. The summed E-state index contributed by atoms with van der Waals surface area (Å²) in [7, 11) is 1.35. The molecule has 106 valence electrons. The van der Waals surface area contributed by atoms with Crippen LogP contribution in [-0.4, -0.2) is 29.0 Å². The van der Waals surface area contributed by atoms with Crippen molar-refractivity contribution >= 4 is 17.7 Å². The molecule has 2 rings (SSSR count). The number of esters is 1. The summed E-state index contributed by atoms with van der Waals surface area (Å²) < 4.78 is 10.1. The van der Waals surface area contributed by atoms with E-state index in [1.54, 1.807) is 0 Å². The number of carbonyl (C=O) groups is 1. The number of rotatable bonds is 6. The van der Waals surface area contributed by atoms with E-state index in [1.165, 1.54) is 24.4 Å². The Morgan fingerprint density at radius 2 is 2.10 bits per heavy atom. The number of hydrogen-bond acceptors (Lipinski definition) is 6. The fraction of sp³-hybridized carbons (Fsp3) is 0.357. The average molecular weight is 292 g/mol. The zero-order chi connectivity index (χ0) is 14.4. The van der Waals surface area contributed by atoms with Crippen molar-refractivity contribution in [2.24, 2.45) is 0 Å². The van der Waals surface area contributed by atoms with Crippen LogP contribution in [0.3, 0.4) is 0 Å². The van der Waals surface area contributed by atoms with Crippen LogP contribution in [0.25, 0.3) is 0 Å². The number of benzene rings is 1. The number of thioether (sulfide) groups is 1. The molecule has 0 fully saturated rings. The highest BCUT2D eigenvalue weighted by Gasteiger charge is 2.13. The molecule has 0 spiro atoms. The average Bonchev–Trinajstić information content (AvgIpc) is 2.93. The highest BCUT2D eigenvalue weighted by Crippen LogP contribution is 2.22. The lowest BCUT2D eigenvalue weighted by Gasteiger charge is -2.08. The van der Waals surface area contributed by atoms with Crippen LogP contribution in [0.15, 0.2) is 40.0 Å². The van der Waals surface area contributed by atoms with Crippen LogP contribution < -0.4 is 0 Å². The van der Waals surface area contributed by atoms with Crippen LogP contribution in [0.5, 0.6) is 0 Å². The Bertz CT molecular complexity index is 557. The van der Waals surface area contributed by atoms with Gasteiger partial charge in [-0.05, 0) is 11.5 Å². The molecule has 1 heterocycles. The Kier molecular flexibility index (Phi) is 5.17. The molecule has 0 aliphatic carbocycles. The van der Waals surface area contributed by atoms with E-state index >= 15 is 0 Å². The highest BCUT2D eigenvalue weighted by atomic mass is 32.2. The maximum absolute atomic E-state index is 11.0. The molecule has 2 aromatic rings. The molecule has 1 aromatic carbocycles. The van der Waals surface area contributed by atoms with Gasteiger partial charge in [-0.15, -0.1) is 10.2 Å². The van der Waals surface area contributed by atoms with Gasteiger partial charge in [0.05, 0.1) is 7.11 Å². The van der Waals surface area contributed by atoms with E-state index in [1.807, 2.05) is 18.2 Å². The normalized spacial score (nSPS) is 12.1. The summed E-state index contributed by atoms with van der Waals surface area (Å²) in [4.78, 5) is 11.0. The third-order valence-electron chi connectivity index (χ3n) is 2.84. The molecule has 0 saturated carbocycles. The molecule has 0 radical (unpaired) electrons. The lowest BCUT2D eigenvalue weighted by molar-refractivity contribution is -0.137. The lowest BCUT2D eigenvalue weighted by atomic mass is 9.98. The molecular weight excluding hydrogens is 276 g/mol. The summed E-state index contributed by atoms with van der Waals surface area (Å²) in [5, 5.41) is 8.30. The molecule has 0 aliphatic heterocycles. The van der Waals surface area contributed by atoms with Crippen LogP contribution in [0.1, 0.15) is 24.3 Å². The van der Waals surface area contributed by atoms with Gasteiger partial charge >= 0.3 is 5.97 Å². The van der Waals surface area contributed by atoms with Crippen molar-refractivity contribution in [3.8, 4) is 0 Å². The van der Waals surface area contributed by atoms with Gasteiger partial charge in [-0.1, -0.05) is 49.0 Å². The van der Waals surface area contributed by atoms with Crippen molar-refractivity contribution in [1.82, 2.24) is 10.2 Å². The van der Waals surface area contributed by atoms with E-state index in [2.05, 4.69) is 34.0 Å². The second kappa shape index (κ2) is 7.09. The first-order chi connectivity index (χ1) is 9.69.